The van der Waals surface area contributed by atoms with Crippen molar-refractivity contribution >= 4 is 29.4 Å². The Kier molecular flexibility index (Phi) is 7.06. The summed E-state index contributed by atoms with van der Waals surface area (Å²) in [4.78, 5) is 36.9. The molecule has 0 saturated carbocycles. The van der Waals surface area contributed by atoms with E-state index < -0.39 is 5.97 Å². The second-order valence-electron chi connectivity index (χ2n) is 5.61. The minimum Gasteiger partial charge on any atom is -0.456 e. The number of amides is 2. The fourth-order valence-corrected chi connectivity index (χ4v) is 2.54. The molecule has 0 aromatic heterocycles. The Labute approximate surface area is 146 Å². The van der Waals surface area contributed by atoms with Crippen LogP contribution in [-0.4, -0.2) is 48.9 Å². The number of carbonyl (C=O) groups is 3. The number of carbonyl (C=O) groups excluding carboxylic acids is 3. The van der Waals surface area contributed by atoms with Crippen LogP contribution in [0.1, 0.15) is 36.0 Å². The zero-order valence-electron chi connectivity index (χ0n) is 13.4. The molecular weight excluding hydrogens is 332 g/mol. The summed E-state index contributed by atoms with van der Waals surface area (Å²) in [6.07, 6.45) is 2.63. The van der Waals surface area contributed by atoms with E-state index in [1.165, 1.54) is 0 Å². The first kappa shape index (κ1) is 18.3. The first-order chi connectivity index (χ1) is 11.6. The van der Waals surface area contributed by atoms with Crippen molar-refractivity contribution in [1.82, 2.24) is 10.2 Å². The van der Waals surface area contributed by atoms with E-state index in [0.29, 0.717) is 23.6 Å². The molecule has 1 aliphatic heterocycles. The van der Waals surface area contributed by atoms with E-state index in [9.17, 15) is 14.4 Å². The lowest BCUT2D eigenvalue weighted by Crippen LogP contribution is -2.32. The van der Waals surface area contributed by atoms with Crippen LogP contribution in [0.4, 0.5) is 0 Å². The Balaban J connectivity index is 1.58. The molecule has 6 nitrogen and oxygen atoms in total. The topological polar surface area (TPSA) is 75.7 Å². The van der Waals surface area contributed by atoms with Crippen LogP contribution in [0.15, 0.2) is 24.3 Å². The van der Waals surface area contributed by atoms with E-state index in [0.717, 1.165) is 25.9 Å². The molecule has 0 aliphatic carbocycles. The normalized spacial score (nSPS) is 13.6. The van der Waals surface area contributed by atoms with Gasteiger partial charge in [-0.3, -0.25) is 14.4 Å². The molecule has 1 aliphatic rings. The van der Waals surface area contributed by atoms with Crippen LogP contribution in [0.5, 0.6) is 0 Å². The highest BCUT2D eigenvalue weighted by molar-refractivity contribution is 6.30. The number of rotatable bonds is 7. The van der Waals surface area contributed by atoms with Gasteiger partial charge in [-0.15, -0.1) is 0 Å². The molecule has 1 heterocycles. The minimum atomic E-state index is -0.428. The molecule has 0 unspecified atom stereocenters. The first-order valence-electron chi connectivity index (χ1n) is 8.03. The van der Waals surface area contributed by atoms with Gasteiger partial charge >= 0.3 is 5.97 Å². The SMILES string of the molecule is O=C(CCCNC(=O)c1ccc(Cl)cc1)OCC(=O)N1CCCC1. The van der Waals surface area contributed by atoms with Crippen molar-refractivity contribution in [2.75, 3.05) is 26.2 Å². The second-order valence-corrected chi connectivity index (χ2v) is 6.05. The van der Waals surface area contributed by atoms with Gasteiger partial charge in [0.05, 0.1) is 0 Å². The fraction of sp³-hybridized carbons (Fsp3) is 0.471. The lowest BCUT2D eigenvalue weighted by molar-refractivity contribution is -0.151. The van der Waals surface area contributed by atoms with Crippen molar-refractivity contribution in [3.8, 4) is 0 Å². The number of ether oxygens (including phenoxy) is 1. The Bertz CT molecular complexity index is 583. The van der Waals surface area contributed by atoms with E-state index in [1.807, 2.05) is 0 Å². The van der Waals surface area contributed by atoms with Crippen LogP contribution >= 0.6 is 11.6 Å². The summed E-state index contributed by atoms with van der Waals surface area (Å²) in [6, 6.07) is 6.56. The van der Waals surface area contributed by atoms with Crippen molar-refractivity contribution in [3.63, 3.8) is 0 Å². The van der Waals surface area contributed by atoms with Gasteiger partial charge in [0, 0.05) is 36.6 Å². The van der Waals surface area contributed by atoms with E-state index in [1.54, 1.807) is 29.2 Å². The van der Waals surface area contributed by atoms with Crippen molar-refractivity contribution < 1.29 is 19.1 Å². The number of benzene rings is 1. The first-order valence-corrected chi connectivity index (χ1v) is 8.41. The van der Waals surface area contributed by atoms with Gasteiger partial charge in [-0.2, -0.15) is 0 Å². The Morgan fingerprint density at radius 3 is 2.46 bits per heavy atom. The number of hydrogen-bond donors (Lipinski definition) is 1. The number of halogens is 1. The molecule has 7 heteroatoms. The zero-order valence-corrected chi connectivity index (χ0v) is 14.2. The number of nitrogens with one attached hydrogen (secondary N) is 1. The predicted octanol–water partition coefficient (Wildman–Crippen LogP) is 2.02. The van der Waals surface area contributed by atoms with Crippen LogP contribution in [0.3, 0.4) is 0 Å². The molecule has 1 N–H and O–H groups in total. The third kappa shape index (κ3) is 5.85. The van der Waals surface area contributed by atoms with Crippen molar-refractivity contribution in [2.24, 2.45) is 0 Å². The summed E-state index contributed by atoms with van der Waals surface area (Å²) in [7, 11) is 0. The van der Waals surface area contributed by atoms with Gasteiger partial charge < -0.3 is 15.0 Å². The molecular formula is C17H21ClN2O4. The number of esters is 1. The van der Waals surface area contributed by atoms with Crippen molar-refractivity contribution in [3.05, 3.63) is 34.9 Å². The third-order valence-electron chi connectivity index (χ3n) is 3.77. The maximum absolute atomic E-state index is 11.8. The Morgan fingerprint density at radius 1 is 1.12 bits per heavy atom. The average Bonchev–Trinajstić information content (AvgIpc) is 3.11. The number of hydrogen-bond acceptors (Lipinski definition) is 4. The summed E-state index contributed by atoms with van der Waals surface area (Å²) >= 11 is 5.76. The van der Waals surface area contributed by atoms with E-state index in [-0.39, 0.29) is 24.8 Å². The standard InChI is InChI=1S/C17H21ClN2O4/c18-14-7-5-13(6-8-14)17(23)19-9-3-4-16(22)24-12-15(21)20-10-1-2-11-20/h5-8H,1-4,9-12H2,(H,19,23). The predicted molar refractivity (Wildman–Crippen MR) is 89.8 cm³/mol. The minimum absolute atomic E-state index is 0.142. The van der Waals surface area contributed by atoms with Crippen LogP contribution in [-0.2, 0) is 14.3 Å². The number of likely N-dealkylation sites (tertiary alicyclic amines) is 1. The molecule has 130 valence electrons. The Morgan fingerprint density at radius 2 is 1.79 bits per heavy atom. The molecule has 2 rings (SSSR count). The van der Waals surface area contributed by atoms with Crippen LogP contribution < -0.4 is 5.32 Å². The van der Waals surface area contributed by atoms with Gasteiger partial charge in [-0.25, -0.2) is 0 Å². The van der Waals surface area contributed by atoms with Gasteiger partial charge in [0.2, 0.25) is 0 Å². The molecule has 24 heavy (non-hydrogen) atoms. The molecule has 2 amide bonds. The summed E-state index contributed by atoms with van der Waals surface area (Å²) in [5, 5.41) is 3.29. The average molecular weight is 353 g/mol. The Hall–Kier alpha value is -2.08. The summed E-state index contributed by atoms with van der Waals surface area (Å²) < 4.78 is 4.96. The summed E-state index contributed by atoms with van der Waals surface area (Å²) in [5.41, 5.74) is 0.512. The summed E-state index contributed by atoms with van der Waals surface area (Å²) in [6.45, 7) is 1.65. The summed E-state index contributed by atoms with van der Waals surface area (Å²) in [5.74, 6) is -0.788. The van der Waals surface area contributed by atoms with Gasteiger partial charge in [-0.1, -0.05) is 11.6 Å². The van der Waals surface area contributed by atoms with Gasteiger partial charge in [-0.05, 0) is 43.5 Å². The molecule has 1 fully saturated rings. The number of nitrogens with zero attached hydrogens (tertiary/aromatic N) is 1. The van der Waals surface area contributed by atoms with Gasteiger partial charge in [0.15, 0.2) is 6.61 Å². The lowest BCUT2D eigenvalue weighted by atomic mass is 10.2. The fourth-order valence-electron chi connectivity index (χ4n) is 2.41. The smallest absolute Gasteiger partial charge is 0.306 e. The molecule has 0 bridgehead atoms. The molecule has 0 spiro atoms. The molecule has 0 atom stereocenters. The third-order valence-corrected chi connectivity index (χ3v) is 4.02. The maximum Gasteiger partial charge on any atom is 0.306 e. The van der Waals surface area contributed by atoms with Gasteiger partial charge in [0.1, 0.15) is 0 Å². The molecule has 1 aromatic carbocycles. The highest BCUT2D eigenvalue weighted by Crippen LogP contribution is 2.09. The largest absolute Gasteiger partial charge is 0.456 e. The van der Waals surface area contributed by atoms with Crippen molar-refractivity contribution in [2.45, 2.75) is 25.7 Å². The zero-order chi connectivity index (χ0) is 17.4. The van der Waals surface area contributed by atoms with Crippen LogP contribution in [0.25, 0.3) is 0 Å². The molecule has 0 radical (unpaired) electrons. The van der Waals surface area contributed by atoms with E-state index >= 15 is 0 Å². The van der Waals surface area contributed by atoms with Gasteiger partial charge in [0.25, 0.3) is 11.8 Å². The van der Waals surface area contributed by atoms with E-state index in [2.05, 4.69) is 5.32 Å². The van der Waals surface area contributed by atoms with Crippen LogP contribution in [0.2, 0.25) is 5.02 Å². The molecule has 1 saturated heterocycles. The van der Waals surface area contributed by atoms with Crippen LogP contribution in [0, 0.1) is 0 Å². The second kappa shape index (κ2) is 9.27. The maximum atomic E-state index is 11.8. The lowest BCUT2D eigenvalue weighted by Gasteiger charge is -2.14. The van der Waals surface area contributed by atoms with E-state index in [4.69, 9.17) is 16.3 Å². The highest BCUT2D eigenvalue weighted by Gasteiger charge is 2.19. The quantitative estimate of drug-likeness (QED) is 0.601. The monoisotopic (exact) mass is 352 g/mol. The highest BCUT2D eigenvalue weighted by atomic mass is 35.5. The molecule has 1 aromatic rings. The van der Waals surface area contributed by atoms with Crippen molar-refractivity contribution in [1.29, 1.82) is 0 Å².